The van der Waals surface area contributed by atoms with Crippen LogP contribution in [0.3, 0.4) is 0 Å². The number of amides is 2. The van der Waals surface area contributed by atoms with E-state index in [1.165, 1.54) is 12.8 Å². The van der Waals surface area contributed by atoms with Crippen LogP contribution in [0.4, 0.5) is 5.69 Å². The lowest BCUT2D eigenvalue weighted by atomic mass is 10.1. The van der Waals surface area contributed by atoms with Gasteiger partial charge in [0.05, 0.1) is 5.69 Å². The van der Waals surface area contributed by atoms with Gasteiger partial charge in [-0.25, -0.2) is 0 Å². The Morgan fingerprint density at radius 2 is 2.09 bits per heavy atom. The molecule has 22 heavy (non-hydrogen) atoms. The molecule has 0 atom stereocenters. The number of carbonyl (C=O) groups is 2. The van der Waals surface area contributed by atoms with Gasteiger partial charge in [0.15, 0.2) is 0 Å². The Kier molecular flexibility index (Phi) is 4.71. The quantitative estimate of drug-likeness (QED) is 0.931. The molecule has 5 heteroatoms. The van der Waals surface area contributed by atoms with Crippen molar-refractivity contribution in [2.75, 3.05) is 17.2 Å². The molecule has 2 amide bonds. The highest BCUT2D eigenvalue weighted by molar-refractivity contribution is 7.99. The number of nitrogens with zero attached hydrogens (tertiary/aromatic N) is 1. The Morgan fingerprint density at radius 3 is 2.82 bits per heavy atom. The first-order valence-corrected chi connectivity index (χ1v) is 9.05. The largest absolute Gasteiger partial charge is 0.349 e. The molecule has 0 saturated heterocycles. The van der Waals surface area contributed by atoms with E-state index in [-0.39, 0.29) is 11.8 Å². The number of nitrogens with one attached hydrogen (secondary N) is 1. The fraction of sp³-hybridized carbons (Fsp3) is 0.529. The van der Waals surface area contributed by atoms with Gasteiger partial charge in [0.1, 0.15) is 0 Å². The van der Waals surface area contributed by atoms with Gasteiger partial charge in [-0.2, -0.15) is 0 Å². The van der Waals surface area contributed by atoms with Crippen LogP contribution < -0.4 is 10.2 Å². The number of hydrogen-bond acceptors (Lipinski definition) is 3. The smallest absolute Gasteiger partial charge is 0.251 e. The van der Waals surface area contributed by atoms with Gasteiger partial charge in [-0.15, -0.1) is 11.8 Å². The molecule has 118 valence electrons. The highest BCUT2D eigenvalue weighted by Gasteiger charge is 2.24. The lowest BCUT2D eigenvalue weighted by Gasteiger charge is -2.29. The first kappa shape index (κ1) is 15.4. The second kappa shape index (κ2) is 6.73. The molecule has 1 aliphatic heterocycles. The molecule has 1 aromatic carbocycles. The molecule has 4 nitrogen and oxygen atoms in total. The zero-order valence-corrected chi connectivity index (χ0v) is 13.7. The van der Waals surface area contributed by atoms with Crippen molar-refractivity contribution in [3.05, 3.63) is 23.8 Å². The summed E-state index contributed by atoms with van der Waals surface area (Å²) in [6, 6.07) is 6.03. The molecular formula is C17H22N2O2S. The van der Waals surface area contributed by atoms with Crippen molar-refractivity contribution in [3.63, 3.8) is 0 Å². The normalized spacial score (nSPS) is 18.1. The van der Waals surface area contributed by atoms with Gasteiger partial charge >= 0.3 is 0 Å². The monoisotopic (exact) mass is 318 g/mol. The summed E-state index contributed by atoms with van der Waals surface area (Å²) in [5.74, 6) is 1.01. The molecular weight excluding hydrogens is 296 g/mol. The summed E-state index contributed by atoms with van der Waals surface area (Å²) >= 11 is 1.75. The summed E-state index contributed by atoms with van der Waals surface area (Å²) in [6.45, 7) is 2.60. The van der Waals surface area contributed by atoms with E-state index in [2.05, 4.69) is 5.32 Å². The van der Waals surface area contributed by atoms with Gasteiger partial charge in [0.2, 0.25) is 5.91 Å². The van der Waals surface area contributed by atoms with Crippen molar-refractivity contribution in [1.82, 2.24) is 5.32 Å². The topological polar surface area (TPSA) is 49.4 Å². The van der Waals surface area contributed by atoms with Crippen LogP contribution in [0.2, 0.25) is 0 Å². The number of carbonyl (C=O) groups excluding carboxylic acids is 2. The zero-order valence-electron chi connectivity index (χ0n) is 12.9. The summed E-state index contributed by atoms with van der Waals surface area (Å²) < 4.78 is 0. The third-order valence-electron chi connectivity index (χ3n) is 4.38. The van der Waals surface area contributed by atoms with E-state index < -0.39 is 0 Å². The van der Waals surface area contributed by atoms with Crippen LogP contribution in [-0.4, -0.2) is 30.2 Å². The van der Waals surface area contributed by atoms with E-state index in [4.69, 9.17) is 0 Å². The van der Waals surface area contributed by atoms with Crippen molar-refractivity contribution in [3.8, 4) is 0 Å². The SMILES string of the molecule is CCC(=O)N1CCSc2ccc(C(=O)NC3CCCC3)cc21. The van der Waals surface area contributed by atoms with E-state index >= 15 is 0 Å². The van der Waals surface area contributed by atoms with E-state index in [0.717, 1.165) is 35.7 Å². The van der Waals surface area contributed by atoms with E-state index in [0.29, 0.717) is 18.0 Å². The Bertz CT molecular complexity index is 582. The second-order valence-corrected chi connectivity index (χ2v) is 7.02. The lowest BCUT2D eigenvalue weighted by molar-refractivity contribution is -0.118. The maximum Gasteiger partial charge on any atom is 0.251 e. The first-order chi connectivity index (χ1) is 10.7. The van der Waals surface area contributed by atoms with Crippen molar-refractivity contribution in [2.45, 2.75) is 50.0 Å². The van der Waals surface area contributed by atoms with Crippen LogP contribution in [0.25, 0.3) is 0 Å². The molecule has 0 bridgehead atoms. The number of fused-ring (bicyclic) bond motifs is 1. The molecule has 1 N–H and O–H groups in total. The molecule has 0 unspecified atom stereocenters. The maximum absolute atomic E-state index is 12.4. The van der Waals surface area contributed by atoms with E-state index in [9.17, 15) is 9.59 Å². The van der Waals surface area contributed by atoms with E-state index in [1.807, 2.05) is 30.0 Å². The summed E-state index contributed by atoms with van der Waals surface area (Å²) in [5, 5.41) is 3.11. The van der Waals surface area contributed by atoms with Crippen molar-refractivity contribution < 1.29 is 9.59 Å². The van der Waals surface area contributed by atoms with Crippen molar-refractivity contribution in [2.24, 2.45) is 0 Å². The van der Waals surface area contributed by atoms with E-state index in [1.54, 1.807) is 11.8 Å². The molecule has 1 fully saturated rings. The molecule has 0 aromatic heterocycles. The molecule has 1 saturated carbocycles. The van der Waals surface area contributed by atoms with Crippen LogP contribution in [0.5, 0.6) is 0 Å². The van der Waals surface area contributed by atoms with Crippen molar-refractivity contribution >= 4 is 29.3 Å². The Hall–Kier alpha value is -1.49. The fourth-order valence-corrected chi connectivity index (χ4v) is 4.12. The van der Waals surface area contributed by atoms with Crippen LogP contribution in [0.1, 0.15) is 49.4 Å². The molecule has 1 aromatic rings. The zero-order chi connectivity index (χ0) is 15.5. The number of benzene rings is 1. The maximum atomic E-state index is 12.4. The lowest BCUT2D eigenvalue weighted by Crippen LogP contribution is -2.36. The predicted molar refractivity (Wildman–Crippen MR) is 89.5 cm³/mol. The second-order valence-electron chi connectivity index (χ2n) is 5.88. The van der Waals surface area contributed by atoms with Crippen molar-refractivity contribution in [1.29, 1.82) is 0 Å². The Balaban J connectivity index is 1.81. The number of hydrogen-bond donors (Lipinski definition) is 1. The van der Waals surface area contributed by atoms with Gasteiger partial charge in [-0.05, 0) is 31.0 Å². The third kappa shape index (κ3) is 3.14. The third-order valence-corrected chi connectivity index (χ3v) is 5.42. The van der Waals surface area contributed by atoms with Gasteiger partial charge in [-0.1, -0.05) is 19.8 Å². The molecule has 1 aliphatic carbocycles. The standard InChI is InChI=1S/C17H22N2O2S/c1-2-16(20)19-9-10-22-15-8-7-12(11-14(15)19)17(21)18-13-5-3-4-6-13/h7-8,11,13H,2-6,9-10H2,1H3,(H,18,21). The summed E-state index contributed by atoms with van der Waals surface area (Å²) in [6.07, 6.45) is 5.04. The van der Waals surface area contributed by atoms with Crippen LogP contribution in [-0.2, 0) is 4.79 Å². The van der Waals surface area contributed by atoms with Gasteiger partial charge in [0.25, 0.3) is 5.91 Å². The minimum Gasteiger partial charge on any atom is -0.349 e. The van der Waals surface area contributed by atoms with Gasteiger partial charge < -0.3 is 10.2 Å². The molecule has 0 radical (unpaired) electrons. The predicted octanol–water partition coefficient (Wildman–Crippen LogP) is 3.21. The first-order valence-electron chi connectivity index (χ1n) is 8.07. The van der Waals surface area contributed by atoms with Gasteiger partial charge in [0, 0.05) is 35.2 Å². The fourth-order valence-electron chi connectivity index (χ4n) is 3.15. The summed E-state index contributed by atoms with van der Waals surface area (Å²) in [7, 11) is 0. The van der Waals surface area contributed by atoms with Gasteiger partial charge in [-0.3, -0.25) is 9.59 Å². The number of rotatable bonds is 3. The summed E-state index contributed by atoms with van der Waals surface area (Å²) in [4.78, 5) is 27.4. The minimum atomic E-state index is -0.0193. The minimum absolute atomic E-state index is 0.0193. The summed E-state index contributed by atoms with van der Waals surface area (Å²) in [5.41, 5.74) is 1.55. The van der Waals surface area contributed by atoms with Crippen LogP contribution in [0, 0.1) is 0 Å². The highest BCUT2D eigenvalue weighted by atomic mass is 32.2. The molecule has 2 aliphatic rings. The Labute approximate surface area is 135 Å². The average Bonchev–Trinajstić information content (AvgIpc) is 3.06. The molecule has 1 heterocycles. The average molecular weight is 318 g/mol. The number of anilines is 1. The highest BCUT2D eigenvalue weighted by Crippen LogP contribution is 2.35. The Morgan fingerprint density at radius 1 is 1.32 bits per heavy atom. The van der Waals surface area contributed by atoms with Crippen LogP contribution in [0.15, 0.2) is 23.1 Å². The van der Waals surface area contributed by atoms with Crippen LogP contribution >= 0.6 is 11.8 Å². The molecule has 0 spiro atoms. The molecule has 3 rings (SSSR count). The number of thioether (sulfide) groups is 1.